The molecule has 0 aliphatic carbocycles. The largest absolute Gasteiger partial charge is 0.330 e. The zero-order valence-electron chi connectivity index (χ0n) is 11.6. The molecule has 0 aliphatic heterocycles. The SMILES string of the molecule is Cc1nc(-c2ccc(Cl)c(Cl)c2)cn1Cc1ccccc1. The van der Waals surface area contributed by atoms with E-state index in [-0.39, 0.29) is 0 Å². The summed E-state index contributed by atoms with van der Waals surface area (Å²) in [6.45, 7) is 2.81. The standard InChI is InChI=1S/C17H14Cl2N2/c1-12-20-17(14-7-8-15(18)16(19)9-14)11-21(12)10-13-5-3-2-4-6-13/h2-9,11H,10H2,1H3. The molecule has 3 rings (SSSR count). The van der Waals surface area contributed by atoms with Crippen molar-refractivity contribution in [2.45, 2.75) is 13.5 Å². The van der Waals surface area contributed by atoms with Gasteiger partial charge in [0.2, 0.25) is 0 Å². The third kappa shape index (κ3) is 3.12. The van der Waals surface area contributed by atoms with Gasteiger partial charge in [0.1, 0.15) is 5.82 Å². The average Bonchev–Trinajstić information content (AvgIpc) is 2.84. The van der Waals surface area contributed by atoms with Crippen molar-refractivity contribution < 1.29 is 0 Å². The van der Waals surface area contributed by atoms with Crippen LogP contribution in [0.25, 0.3) is 11.3 Å². The van der Waals surface area contributed by atoms with Crippen LogP contribution in [0, 0.1) is 6.92 Å². The van der Waals surface area contributed by atoms with E-state index in [1.54, 1.807) is 6.07 Å². The van der Waals surface area contributed by atoms with Gasteiger partial charge in [-0.2, -0.15) is 0 Å². The van der Waals surface area contributed by atoms with Crippen molar-refractivity contribution in [3.8, 4) is 11.3 Å². The molecule has 2 aromatic carbocycles. The molecule has 0 N–H and O–H groups in total. The fourth-order valence-electron chi connectivity index (χ4n) is 2.24. The third-order valence-corrected chi connectivity index (χ3v) is 4.13. The summed E-state index contributed by atoms with van der Waals surface area (Å²) in [7, 11) is 0. The van der Waals surface area contributed by atoms with E-state index >= 15 is 0 Å². The molecule has 0 fully saturated rings. The molecule has 0 bridgehead atoms. The molecule has 0 saturated heterocycles. The predicted octanol–water partition coefficient (Wildman–Crippen LogP) is 5.21. The minimum absolute atomic E-state index is 0.546. The van der Waals surface area contributed by atoms with Gasteiger partial charge in [0, 0.05) is 18.3 Å². The topological polar surface area (TPSA) is 17.8 Å². The van der Waals surface area contributed by atoms with Crippen molar-refractivity contribution in [1.82, 2.24) is 9.55 Å². The second kappa shape index (κ2) is 5.92. The first-order chi connectivity index (χ1) is 10.1. The second-order valence-electron chi connectivity index (χ2n) is 4.92. The van der Waals surface area contributed by atoms with Crippen LogP contribution in [0.2, 0.25) is 10.0 Å². The molecule has 21 heavy (non-hydrogen) atoms. The zero-order valence-corrected chi connectivity index (χ0v) is 13.1. The van der Waals surface area contributed by atoms with Crippen LogP contribution < -0.4 is 0 Å². The van der Waals surface area contributed by atoms with Crippen molar-refractivity contribution in [3.63, 3.8) is 0 Å². The first kappa shape index (κ1) is 14.2. The molecule has 0 aliphatic rings. The Balaban J connectivity index is 1.92. The van der Waals surface area contributed by atoms with Crippen molar-refractivity contribution in [2.24, 2.45) is 0 Å². The molecule has 0 amide bonds. The lowest BCUT2D eigenvalue weighted by molar-refractivity contribution is 0.762. The minimum Gasteiger partial charge on any atom is -0.330 e. The van der Waals surface area contributed by atoms with E-state index in [0.29, 0.717) is 10.0 Å². The number of rotatable bonds is 3. The maximum absolute atomic E-state index is 6.07. The van der Waals surface area contributed by atoms with Crippen LogP contribution in [-0.2, 0) is 6.54 Å². The number of imidazole rings is 1. The second-order valence-corrected chi connectivity index (χ2v) is 5.73. The molecule has 106 valence electrons. The van der Waals surface area contributed by atoms with Crippen LogP contribution in [0.5, 0.6) is 0 Å². The van der Waals surface area contributed by atoms with Crippen LogP contribution in [-0.4, -0.2) is 9.55 Å². The van der Waals surface area contributed by atoms with Gasteiger partial charge in [0.05, 0.1) is 15.7 Å². The van der Waals surface area contributed by atoms with Crippen LogP contribution in [0.15, 0.2) is 54.7 Å². The van der Waals surface area contributed by atoms with Gasteiger partial charge in [-0.15, -0.1) is 0 Å². The highest BCUT2D eigenvalue weighted by atomic mass is 35.5. The van der Waals surface area contributed by atoms with E-state index in [1.807, 2.05) is 43.5 Å². The van der Waals surface area contributed by atoms with E-state index in [2.05, 4.69) is 21.7 Å². The maximum atomic E-state index is 6.07. The van der Waals surface area contributed by atoms with Gasteiger partial charge in [-0.25, -0.2) is 4.98 Å². The summed E-state index contributed by atoms with van der Waals surface area (Å²) < 4.78 is 2.13. The molecule has 2 nitrogen and oxygen atoms in total. The summed E-state index contributed by atoms with van der Waals surface area (Å²) in [5.74, 6) is 0.972. The maximum Gasteiger partial charge on any atom is 0.106 e. The summed E-state index contributed by atoms with van der Waals surface area (Å²) in [5.41, 5.74) is 3.12. The van der Waals surface area contributed by atoms with Crippen LogP contribution >= 0.6 is 23.2 Å². The Labute approximate surface area is 134 Å². The first-order valence-electron chi connectivity index (χ1n) is 6.66. The molecule has 0 atom stereocenters. The summed E-state index contributed by atoms with van der Waals surface area (Å²) in [6.07, 6.45) is 2.04. The summed E-state index contributed by atoms with van der Waals surface area (Å²) in [6, 6.07) is 15.9. The number of hydrogen-bond acceptors (Lipinski definition) is 1. The Morgan fingerprint density at radius 3 is 2.48 bits per heavy atom. The van der Waals surface area contributed by atoms with Crippen LogP contribution in [0.3, 0.4) is 0 Å². The highest BCUT2D eigenvalue weighted by Crippen LogP contribution is 2.28. The molecule has 3 aromatic rings. The van der Waals surface area contributed by atoms with E-state index in [1.165, 1.54) is 5.56 Å². The number of hydrogen-bond donors (Lipinski definition) is 0. The average molecular weight is 317 g/mol. The lowest BCUT2D eigenvalue weighted by atomic mass is 10.2. The molecule has 0 saturated carbocycles. The number of nitrogens with zero attached hydrogens (tertiary/aromatic N) is 2. The molecule has 1 heterocycles. The van der Waals surface area contributed by atoms with Gasteiger partial charge in [-0.1, -0.05) is 59.6 Å². The van der Waals surface area contributed by atoms with Crippen molar-refractivity contribution >= 4 is 23.2 Å². The van der Waals surface area contributed by atoms with Crippen molar-refractivity contribution in [1.29, 1.82) is 0 Å². The molecule has 0 spiro atoms. The van der Waals surface area contributed by atoms with Crippen molar-refractivity contribution in [3.05, 3.63) is 76.2 Å². The Morgan fingerprint density at radius 1 is 1.00 bits per heavy atom. The summed E-state index contributed by atoms with van der Waals surface area (Å²) in [4.78, 5) is 4.61. The Bertz CT molecular complexity index is 764. The molecular weight excluding hydrogens is 303 g/mol. The summed E-state index contributed by atoms with van der Waals surface area (Å²) >= 11 is 12.0. The smallest absolute Gasteiger partial charge is 0.106 e. The van der Waals surface area contributed by atoms with Gasteiger partial charge in [0.15, 0.2) is 0 Å². The monoisotopic (exact) mass is 316 g/mol. The van der Waals surface area contributed by atoms with Gasteiger partial charge >= 0.3 is 0 Å². The lowest BCUT2D eigenvalue weighted by Crippen LogP contribution is -2.00. The number of benzene rings is 2. The van der Waals surface area contributed by atoms with Gasteiger partial charge in [-0.05, 0) is 24.6 Å². The Morgan fingerprint density at radius 2 is 1.76 bits per heavy atom. The molecule has 0 unspecified atom stereocenters. The number of aromatic nitrogens is 2. The van der Waals surface area contributed by atoms with Crippen LogP contribution in [0.1, 0.15) is 11.4 Å². The predicted molar refractivity (Wildman–Crippen MR) is 88.0 cm³/mol. The molecule has 1 aromatic heterocycles. The molecule has 0 radical (unpaired) electrons. The highest BCUT2D eigenvalue weighted by Gasteiger charge is 2.08. The van der Waals surface area contributed by atoms with E-state index < -0.39 is 0 Å². The van der Waals surface area contributed by atoms with E-state index in [4.69, 9.17) is 23.2 Å². The summed E-state index contributed by atoms with van der Waals surface area (Å²) in [5, 5.41) is 1.10. The Kier molecular flexibility index (Phi) is 4.00. The van der Waals surface area contributed by atoms with Crippen molar-refractivity contribution in [2.75, 3.05) is 0 Å². The quantitative estimate of drug-likeness (QED) is 0.648. The lowest BCUT2D eigenvalue weighted by Gasteiger charge is -2.04. The zero-order chi connectivity index (χ0) is 14.8. The normalized spacial score (nSPS) is 10.8. The van der Waals surface area contributed by atoms with Gasteiger partial charge < -0.3 is 4.57 Å². The van der Waals surface area contributed by atoms with Gasteiger partial charge in [-0.3, -0.25) is 0 Å². The highest BCUT2D eigenvalue weighted by molar-refractivity contribution is 6.42. The molecular formula is C17H14Cl2N2. The Hall–Kier alpha value is -1.77. The van der Waals surface area contributed by atoms with Gasteiger partial charge in [0.25, 0.3) is 0 Å². The fourth-order valence-corrected chi connectivity index (χ4v) is 2.54. The van der Waals surface area contributed by atoms with E-state index in [0.717, 1.165) is 23.6 Å². The third-order valence-electron chi connectivity index (χ3n) is 3.39. The fraction of sp³-hybridized carbons (Fsp3) is 0.118. The first-order valence-corrected chi connectivity index (χ1v) is 7.42. The molecule has 4 heteroatoms. The van der Waals surface area contributed by atoms with E-state index in [9.17, 15) is 0 Å². The number of aryl methyl sites for hydroxylation is 1. The van der Waals surface area contributed by atoms with Crippen LogP contribution in [0.4, 0.5) is 0 Å². The minimum atomic E-state index is 0.546. The number of halogens is 2.